The molecule has 0 saturated carbocycles. The topological polar surface area (TPSA) is 156 Å². The standard InChI is InChI=1S/C15H12O8/c1-5(16)7-4-8(13(21)15(23)12(7)20)11(19)6-2-9(17)14(22)10(18)3-6/h2-4,17-18,20-23H,1H3. The number of aromatic hydroxyl groups is 6. The Bertz CT molecular complexity index is 815. The summed E-state index contributed by atoms with van der Waals surface area (Å²) in [6.07, 6.45) is 0. The van der Waals surface area contributed by atoms with Crippen LogP contribution in [0.5, 0.6) is 34.5 Å². The van der Waals surface area contributed by atoms with Gasteiger partial charge in [-0.1, -0.05) is 0 Å². The van der Waals surface area contributed by atoms with E-state index in [9.17, 15) is 40.2 Å². The Morgan fingerprint density at radius 3 is 1.65 bits per heavy atom. The van der Waals surface area contributed by atoms with Crippen LogP contribution >= 0.6 is 0 Å². The van der Waals surface area contributed by atoms with Crippen LogP contribution in [0.1, 0.15) is 33.2 Å². The van der Waals surface area contributed by atoms with Gasteiger partial charge in [0, 0.05) is 5.56 Å². The molecular formula is C15H12O8. The normalized spacial score (nSPS) is 10.5. The predicted octanol–water partition coefficient (Wildman–Crippen LogP) is 1.35. The van der Waals surface area contributed by atoms with E-state index in [0.29, 0.717) is 0 Å². The zero-order valence-corrected chi connectivity index (χ0v) is 11.7. The lowest BCUT2D eigenvalue weighted by Gasteiger charge is -2.11. The second-order valence-electron chi connectivity index (χ2n) is 4.77. The highest BCUT2D eigenvalue weighted by Crippen LogP contribution is 2.42. The minimum Gasteiger partial charge on any atom is -0.504 e. The quantitative estimate of drug-likeness (QED) is 0.365. The third-order valence-corrected chi connectivity index (χ3v) is 3.20. The Morgan fingerprint density at radius 1 is 0.696 bits per heavy atom. The molecule has 23 heavy (non-hydrogen) atoms. The van der Waals surface area contributed by atoms with Crippen LogP contribution in [0.25, 0.3) is 0 Å². The summed E-state index contributed by atoms with van der Waals surface area (Å²) < 4.78 is 0. The molecule has 6 N–H and O–H groups in total. The molecule has 2 aromatic rings. The molecule has 0 aliphatic rings. The fraction of sp³-hybridized carbons (Fsp3) is 0.0667. The van der Waals surface area contributed by atoms with Crippen molar-refractivity contribution in [2.75, 3.05) is 0 Å². The summed E-state index contributed by atoms with van der Waals surface area (Å²) in [6.45, 7) is 1.08. The molecule has 0 aliphatic carbocycles. The van der Waals surface area contributed by atoms with Gasteiger partial charge >= 0.3 is 0 Å². The molecule has 2 aromatic carbocycles. The van der Waals surface area contributed by atoms with Crippen molar-refractivity contribution in [1.82, 2.24) is 0 Å². The number of phenolic OH excluding ortho intramolecular Hbond substituents is 6. The number of carbonyl (C=O) groups is 2. The van der Waals surface area contributed by atoms with Crippen LogP contribution in [0.3, 0.4) is 0 Å². The molecule has 8 nitrogen and oxygen atoms in total. The van der Waals surface area contributed by atoms with Gasteiger partial charge in [-0.3, -0.25) is 9.59 Å². The number of Topliss-reactive ketones (excluding diaryl/α,β-unsaturated/α-hetero) is 1. The van der Waals surface area contributed by atoms with Crippen molar-refractivity contribution < 1.29 is 40.2 Å². The number of hydrogen-bond donors (Lipinski definition) is 6. The Hall–Kier alpha value is -3.42. The first kappa shape index (κ1) is 16.0. The average Bonchev–Trinajstić information content (AvgIpc) is 2.49. The molecule has 0 saturated heterocycles. The molecule has 0 radical (unpaired) electrons. The summed E-state index contributed by atoms with van der Waals surface area (Å²) in [5.41, 5.74) is -1.25. The first-order valence-electron chi connectivity index (χ1n) is 6.23. The number of ketones is 2. The lowest BCUT2D eigenvalue weighted by atomic mass is 9.97. The maximum Gasteiger partial charge on any atom is 0.201 e. The molecule has 8 heteroatoms. The van der Waals surface area contributed by atoms with Crippen LogP contribution in [-0.4, -0.2) is 42.2 Å². The monoisotopic (exact) mass is 320 g/mol. The molecule has 0 aromatic heterocycles. The van der Waals surface area contributed by atoms with Gasteiger partial charge in [0.05, 0.1) is 11.1 Å². The van der Waals surface area contributed by atoms with E-state index in [0.717, 1.165) is 25.1 Å². The number of benzene rings is 2. The molecule has 0 aliphatic heterocycles. The summed E-state index contributed by atoms with van der Waals surface area (Å²) >= 11 is 0. The lowest BCUT2D eigenvalue weighted by Crippen LogP contribution is -2.05. The van der Waals surface area contributed by atoms with Crippen LogP contribution in [0.15, 0.2) is 18.2 Å². The number of phenols is 6. The van der Waals surface area contributed by atoms with Gasteiger partial charge < -0.3 is 30.6 Å². The van der Waals surface area contributed by atoms with E-state index in [2.05, 4.69) is 0 Å². The molecule has 0 fully saturated rings. The summed E-state index contributed by atoms with van der Waals surface area (Å²) in [7, 11) is 0. The van der Waals surface area contributed by atoms with E-state index in [4.69, 9.17) is 0 Å². The predicted molar refractivity (Wildman–Crippen MR) is 76.3 cm³/mol. The van der Waals surface area contributed by atoms with Crippen LogP contribution in [0, 0.1) is 0 Å². The summed E-state index contributed by atoms with van der Waals surface area (Å²) in [5, 5.41) is 57.1. The van der Waals surface area contributed by atoms with E-state index in [1.165, 1.54) is 0 Å². The molecule has 0 heterocycles. The fourth-order valence-electron chi connectivity index (χ4n) is 1.98. The van der Waals surface area contributed by atoms with Crippen LogP contribution in [0.2, 0.25) is 0 Å². The molecular weight excluding hydrogens is 308 g/mol. The molecule has 0 amide bonds. The van der Waals surface area contributed by atoms with Gasteiger partial charge in [0.25, 0.3) is 0 Å². The maximum absolute atomic E-state index is 12.4. The summed E-state index contributed by atoms with van der Waals surface area (Å²) in [6, 6.07) is 2.53. The van der Waals surface area contributed by atoms with Gasteiger partial charge in [-0.25, -0.2) is 0 Å². The zero-order valence-electron chi connectivity index (χ0n) is 11.7. The highest BCUT2D eigenvalue weighted by Gasteiger charge is 2.25. The van der Waals surface area contributed by atoms with E-state index in [-0.39, 0.29) is 5.56 Å². The second kappa shape index (κ2) is 5.41. The Balaban J connectivity index is 2.67. The van der Waals surface area contributed by atoms with Crippen molar-refractivity contribution in [3.63, 3.8) is 0 Å². The minimum absolute atomic E-state index is 0.326. The number of hydrogen-bond acceptors (Lipinski definition) is 8. The zero-order chi connectivity index (χ0) is 17.5. The molecule has 0 atom stereocenters. The SMILES string of the molecule is CC(=O)c1cc(C(=O)c2cc(O)c(O)c(O)c2)c(O)c(O)c1O. The fourth-order valence-corrected chi connectivity index (χ4v) is 1.98. The van der Waals surface area contributed by atoms with Gasteiger partial charge in [-0.15, -0.1) is 0 Å². The Morgan fingerprint density at radius 2 is 1.17 bits per heavy atom. The third kappa shape index (κ3) is 2.57. The molecule has 0 unspecified atom stereocenters. The van der Waals surface area contributed by atoms with Crippen LogP contribution in [0.4, 0.5) is 0 Å². The first-order chi connectivity index (χ1) is 10.6. The van der Waals surface area contributed by atoms with Crippen molar-refractivity contribution in [2.45, 2.75) is 6.92 Å². The Labute approximate surface area is 129 Å². The van der Waals surface area contributed by atoms with E-state index < -0.39 is 57.2 Å². The Kier molecular flexibility index (Phi) is 3.75. The largest absolute Gasteiger partial charge is 0.504 e. The van der Waals surface area contributed by atoms with Crippen molar-refractivity contribution >= 4 is 11.6 Å². The first-order valence-corrected chi connectivity index (χ1v) is 6.23. The van der Waals surface area contributed by atoms with E-state index >= 15 is 0 Å². The van der Waals surface area contributed by atoms with Gasteiger partial charge in [0.15, 0.2) is 40.3 Å². The highest BCUT2D eigenvalue weighted by atomic mass is 16.3. The lowest BCUT2D eigenvalue weighted by molar-refractivity contribution is 0.101. The molecule has 120 valence electrons. The van der Waals surface area contributed by atoms with Crippen molar-refractivity contribution in [1.29, 1.82) is 0 Å². The van der Waals surface area contributed by atoms with Gasteiger partial charge in [-0.2, -0.15) is 0 Å². The van der Waals surface area contributed by atoms with Crippen LogP contribution in [-0.2, 0) is 0 Å². The van der Waals surface area contributed by atoms with Crippen LogP contribution < -0.4 is 0 Å². The number of rotatable bonds is 3. The van der Waals surface area contributed by atoms with Crippen molar-refractivity contribution in [3.8, 4) is 34.5 Å². The minimum atomic E-state index is -1.05. The summed E-state index contributed by atoms with van der Waals surface area (Å²) in [4.78, 5) is 23.8. The molecule has 0 bridgehead atoms. The average molecular weight is 320 g/mol. The smallest absolute Gasteiger partial charge is 0.201 e. The molecule has 2 rings (SSSR count). The number of carbonyl (C=O) groups excluding carboxylic acids is 2. The van der Waals surface area contributed by atoms with Crippen molar-refractivity contribution in [3.05, 3.63) is 34.9 Å². The van der Waals surface area contributed by atoms with Gasteiger partial charge in [0.1, 0.15) is 0 Å². The highest BCUT2D eigenvalue weighted by molar-refractivity contribution is 6.13. The maximum atomic E-state index is 12.4. The summed E-state index contributed by atoms with van der Waals surface area (Å²) in [5.74, 6) is -6.90. The van der Waals surface area contributed by atoms with Crippen molar-refractivity contribution in [2.24, 2.45) is 0 Å². The third-order valence-electron chi connectivity index (χ3n) is 3.20. The van der Waals surface area contributed by atoms with E-state index in [1.54, 1.807) is 0 Å². The second-order valence-corrected chi connectivity index (χ2v) is 4.77. The van der Waals surface area contributed by atoms with Gasteiger partial charge in [-0.05, 0) is 25.1 Å². The molecule has 0 spiro atoms. The van der Waals surface area contributed by atoms with E-state index in [1.807, 2.05) is 0 Å². The van der Waals surface area contributed by atoms with Gasteiger partial charge in [0.2, 0.25) is 5.75 Å².